The quantitative estimate of drug-likeness (QED) is 0.700. The molecule has 0 radical (unpaired) electrons. The van der Waals surface area contributed by atoms with Crippen LogP contribution in [0.5, 0.6) is 5.75 Å². The number of hydrogen-bond donors (Lipinski definition) is 1. The molecule has 0 atom stereocenters. The molecule has 0 aliphatic rings. The van der Waals surface area contributed by atoms with Gasteiger partial charge in [0.05, 0.1) is 16.6 Å². The predicted molar refractivity (Wildman–Crippen MR) is 100 cm³/mol. The van der Waals surface area contributed by atoms with Crippen molar-refractivity contribution in [1.82, 2.24) is 0 Å². The van der Waals surface area contributed by atoms with Gasteiger partial charge in [0.1, 0.15) is 5.75 Å². The highest BCUT2D eigenvalue weighted by Crippen LogP contribution is 2.26. The number of rotatable bonds is 7. The Morgan fingerprint density at radius 2 is 1.92 bits per heavy atom. The van der Waals surface area contributed by atoms with Crippen molar-refractivity contribution in [2.45, 2.75) is 20.3 Å². The zero-order valence-electron chi connectivity index (χ0n) is 14.2. The molecule has 0 aliphatic heterocycles. The number of amides is 1. The van der Waals surface area contributed by atoms with Crippen molar-refractivity contribution in [1.29, 1.82) is 0 Å². The summed E-state index contributed by atoms with van der Waals surface area (Å²) in [5, 5.41) is 2.70. The van der Waals surface area contributed by atoms with Gasteiger partial charge in [0.25, 0.3) is 5.91 Å². The third-order valence-electron chi connectivity index (χ3n) is 3.42. The number of aryl methyl sites for hydroxylation is 1. The fourth-order valence-electron chi connectivity index (χ4n) is 2.16. The molecule has 0 saturated carbocycles. The normalized spacial score (nSPS) is 10.2. The van der Waals surface area contributed by atoms with Crippen LogP contribution in [0.2, 0.25) is 0 Å². The van der Waals surface area contributed by atoms with Crippen LogP contribution >= 0.6 is 15.9 Å². The van der Waals surface area contributed by atoms with Crippen LogP contribution in [0.25, 0.3) is 0 Å². The fraction of sp³-hybridized carbons (Fsp3) is 0.263. The van der Waals surface area contributed by atoms with Crippen molar-refractivity contribution in [3.8, 4) is 5.75 Å². The van der Waals surface area contributed by atoms with E-state index >= 15 is 0 Å². The first kappa shape index (κ1) is 19.0. The number of carbonyl (C=O) groups is 2. The third-order valence-corrected chi connectivity index (χ3v) is 4.04. The fourth-order valence-corrected chi connectivity index (χ4v) is 2.70. The molecule has 2 rings (SSSR count). The van der Waals surface area contributed by atoms with Gasteiger partial charge >= 0.3 is 5.97 Å². The highest BCUT2D eigenvalue weighted by molar-refractivity contribution is 9.10. The van der Waals surface area contributed by atoms with E-state index in [1.165, 1.54) is 5.56 Å². The van der Waals surface area contributed by atoms with Crippen molar-refractivity contribution in [3.05, 3.63) is 58.1 Å². The van der Waals surface area contributed by atoms with E-state index in [9.17, 15) is 9.59 Å². The van der Waals surface area contributed by atoms with E-state index in [1.807, 2.05) is 18.2 Å². The molecule has 1 N–H and O–H groups in total. The van der Waals surface area contributed by atoms with Gasteiger partial charge in [0.15, 0.2) is 6.61 Å². The topological polar surface area (TPSA) is 64.6 Å². The summed E-state index contributed by atoms with van der Waals surface area (Å²) in [7, 11) is 0. The molecule has 0 unspecified atom stereocenters. The van der Waals surface area contributed by atoms with Crippen molar-refractivity contribution >= 4 is 33.5 Å². The highest BCUT2D eigenvalue weighted by Gasteiger charge is 2.10. The average Bonchev–Trinajstić information content (AvgIpc) is 2.61. The first-order valence-corrected chi connectivity index (χ1v) is 8.81. The number of hydrogen-bond acceptors (Lipinski definition) is 4. The molecular formula is C19H20BrNO4. The van der Waals surface area contributed by atoms with Gasteiger partial charge in [-0.1, -0.05) is 19.1 Å². The van der Waals surface area contributed by atoms with Gasteiger partial charge < -0.3 is 14.8 Å². The number of benzene rings is 2. The lowest BCUT2D eigenvalue weighted by molar-refractivity contribution is -0.118. The Morgan fingerprint density at radius 1 is 1.12 bits per heavy atom. The van der Waals surface area contributed by atoms with Crippen molar-refractivity contribution in [2.75, 3.05) is 18.5 Å². The third kappa shape index (κ3) is 5.60. The van der Waals surface area contributed by atoms with Crippen LogP contribution < -0.4 is 10.1 Å². The molecular weight excluding hydrogens is 386 g/mol. The summed E-state index contributed by atoms with van der Waals surface area (Å²) in [6.07, 6.45) is 0.927. The number of carbonyl (C=O) groups excluding carboxylic acids is 2. The zero-order chi connectivity index (χ0) is 18.2. The minimum atomic E-state index is -0.421. The Morgan fingerprint density at radius 3 is 2.60 bits per heavy atom. The van der Waals surface area contributed by atoms with E-state index in [1.54, 1.807) is 31.2 Å². The van der Waals surface area contributed by atoms with Gasteiger partial charge in [0.2, 0.25) is 0 Å². The summed E-state index contributed by atoms with van der Waals surface area (Å²) in [6.45, 7) is 3.98. The maximum atomic E-state index is 12.1. The Bertz CT molecular complexity index is 761. The number of halogens is 1. The van der Waals surface area contributed by atoms with E-state index in [0.29, 0.717) is 23.6 Å². The predicted octanol–water partition coefficient (Wildman–Crippen LogP) is 4.21. The lowest BCUT2D eigenvalue weighted by Gasteiger charge is -2.10. The van der Waals surface area contributed by atoms with Crippen LogP contribution in [-0.2, 0) is 16.0 Å². The van der Waals surface area contributed by atoms with Gasteiger partial charge in [0, 0.05) is 5.69 Å². The minimum absolute atomic E-state index is 0.131. The maximum absolute atomic E-state index is 12.1. The van der Waals surface area contributed by atoms with Crippen molar-refractivity contribution in [2.24, 2.45) is 0 Å². The lowest BCUT2D eigenvalue weighted by Crippen LogP contribution is -2.20. The second kappa shape index (κ2) is 9.22. The molecule has 0 aliphatic carbocycles. The van der Waals surface area contributed by atoms with Gasteiger partial charge in [-0.15, -0.1) is 0 Å². The van der Waals surface area contributed by atoms with Crippen LogP contribution in [-0.4, -0.2) is 25.1 Å². The molecule has 0 bridgehead atoms. The SMILES string of the molecule is CCOC(=O)c1cccc(NC(=O)COc2ccc(CC)cc2Br)c1. The Balaban J connectivity index is 1.94. The second-order valence-electron chi connectivity index (χ2n) is 5.26. The van der Waals surface area contributed by atoms with Gasteiger partial charge in [-0.2, -0.15) is 0 Å². The van der Waals surface area contributed by atoms with Crippen LogP contribution in [0.3, 0.4) is 0 Å². The molecule has 0 fully saturated rings. The summed E-state index contributed by atoms with van der Waals surface area (Å²) in [4.78, 5) is 23.8. The van der Waals surface area contributed by atoms with Crippen molar-refractivity contribution in [3.63, 3.8) is 0 Å². The van der Waals surface area contributed by atoms with Crippen LogP contribution in [0, 0.1) is 0 Å². The molecule has 25 heavy (non-hydrogen) atoms. The van der Waals surface area contributed by atoms with Crippen LogP contribution in [0.15, 0.2) is 46.9 Å². The molecule has 0 spiro atoms. The van der Waals surface area contributed by atoms with Gasteiger partial charge in [-0.3, -0.25) is 4.79 Å². The van der Waals surface area contributed by atoms with Gasteiger partial charge in [-0.05, 0) is 65.2 Å². The molecule has 0 aromatic heterocycles. The number of esters is 1. The summed E-state index contributed by atoms with van der Waals surface area (Å²) in [5.74, 6) is -0.130. The molecule has 132 valence electrons. The summed E-state index contributed by atoms with van der Waals surface area (Å²) >= 11 is 3.44. The molecule has 1 amide bonds. The first-order chi connectivity index (χ1) is 12.0. The molecule has 2 aromatic rings. The largest absolute Gasteiger partial charge is 0.483 e. The standard InChI is InChI=1S/C19H20BrNO4/c1-3-13-8-9-17(16(20)10-13)25-12-18(22)21-15-7-5-6-14(11-15)19(23)24-4-2/h5-11H,3-4,12H2,1-2H3,(H,21,22). The van der Waals surface area contributed by atoms with E-state index in [-0.39, 0.29) is 12.5 Å². The molecule has 0 saturated heterocycles. The number of ether oxygens (including phenoxy) is 2. The Kier molecular flexibility index (Phi) is 7.01. The zero-order valence-corrected chi connectivity index (χ0v) is 15.8. The van der Waals surface area contributed by atoms with Crippen LogP contribution in [0.1, 0.15) is 29.8 Å². The first-order valence-electron chi connectivity index (χ1n) is 8.01. The summed E-state index contributed by atoms with van der Waals surface area (Å²) < 4.78 is 11.3. The molecule has 5 nitrogen and oxygen atoms in total. The maximum Gasteiger partial charge on any atom is 0.338 e. The monoisotopic (exact) mass is 405 g/mol. The van der Waals surface area contributed by atoms with E-state index in [2.05, 4.69) is 28.2 Å². The Labute approximate surface area is 155 Å². The lowest BCUT2D eigenvalue weighted by atomic mass is 10.2. The van der Waals surface area contributed by atoms with E-state index in [4.69, 9.17) is 9.47 Å². The molecule has 6 heteroatoms. The van der Waals surface area contributed by atoms with Gasteiger partial charge in [-0.25, -0.2) is 4.79 Å². The summed E-state index contributed by atoms with van der Waals surface area (Å²) in [6, 6.07) is 12.3. The van der Waals surface area contributed by atoms with Crippen LogP contribution in [0.4, 0.5) is 5.69 Å². The molecule has 0 heterocycles. The second-order valence-corrected chi connectivity index (χ2v) is 6.11. The number of anilines is 1. The minimum Gasteiger partial charge on any atom is -0.483 e. The van der Waals surface area contributed by atoms with E-state index in [0.717, 1.165) is 10.9 Å². The average molecular weight is 406 g/mol. The van der Waals surface area contributed by atoms with E-state index < -0.39 is 5.97 Å². The summed E-state index contributed by atoms with van der Waals surface area (Å²) in [5.41, 5.74) is 2.08. The smallest absolute Gasteiger partial charge is 0.338 e. The molecule has 2 aromatic carbocycles. The Hall–Kier alpha value is -2.34. The van der Waals surface area contributed by atoms with Crippen molar-refractivity contribution < 1.29 is 19.1 Å². The highest BCUT2D eigenvalue weighted by atomic mass is 79.9. The number of nitrogens with one attached hydrogen (secondary N) is 1.